The highest BCUT2D eigenvalue weighted by atomic mass is 28.4. The summed E-state index contributed by atoms with van der Waals surface area (Å²) in [6.07, 6.45) is 5.28. The highest BCUT2D eigenvalue weighted by Crippen LogP contribution is 2.32. The highest BCUT2D eigenvalue weighted by Gasteiger charge is 2.44. The lowest BCUT2D eigenvalue weighted by Gasteiger charge is -2.52. The Morgan fingerprint density at radius 2 is 0.818 bits per heavy atom. The van der Waals surface area contributed by atoms with Gasteiger partial charge in [-0.3, -0.25) is 0 Å². The van der Waals surface area contributed by atoms with E-state index in [4.69, 9.17) is 0 Å². The molecule has 0 spiro atoms. The quantitative estimate of drug-likeness (QED) is 0.545. The van der Waals surface area contributed by atoms with Crippen LogP contribution < -0.4 is 0 Å². The predicted molar refractivity (Wildman–Crippen MR) is 107 cm³/mol. The molecule has 0 bridgehead atoms. The molecule has 2 nitrogen and oxygen atoms in total. The number of hydrogen-bond donors (Lipinski definition) is 0. The van der Waals surface area contributed by atoms with Crippen molar-refractivity contribution in [1.82, 2.24) is 9.13 Å². The molecule has 4 unspecified atom stereocenters. The van der Waals surface area contributed by atoms with Crippen LogP contribution in [0.15, 0.2) is 0 Å². The molecule has 22 heavy (non-hydrogen) atoms. The Labute approximate surface area is 144 Å². The zero-order chi connectivity index (χ0) is 16.9. The zero-order valence-corrected chi connectivity index (χ0v) is 18.9. The van der Waals surface area contributed by atoms with E-state index in [1.54, 1.807) is 11.3 Å². The second-order valence-electron chi connectivity index (χ2n) is 7.70. The van der Waals surface area contributed by atoms with Gasteiger partial charge in [0, 0.05) is 0 Å². The fraction of sp³-hybridized carbons (Fsp3) is 1.00. The summed E-state index contributed by atoms with van der Waals surface area (Å²) in [5, 5.41) is 0. The summed E-state index contributed by atoms with van der Waals surface area (Å²) in [6, 6.07) is 3.23. The van der Waals surface area contributed by atoms with Crippen LogP contribution >= 0.6 is 0 Å². The molecular formula is C18H42N2Si2. The Kier molecular flexibility index (Phi) is 8.90. The minimum absolute atomic E-state index is 0.632. The second kappa shape index (κ2) is 9.60. The summed E-state index contributed by atoms with van der Waals surface area (Å²) in [4.78, 5) is 0. The van der Waals surface area contributed by atoms with Gasteiger partial charge >= 0.3 is 0 Å². The van der Waals surface area contributed by atoms with E-state index in [1.165, 1.54) is 25.7 Å². The van der Waals surface area contributed by atoms with E-state index in [0.717, 1.165) is 24.2 Å². The maximum Gasteiger partial charge on any atom is 0.109 e. The molecular weight excluding hydrogens is 300 g/mol. The molecule has 0 aromatic carbocycles. The fourth-order valence-electron chi connectivity index (χ4n) is 4.20. The molecule has 0 N–H and O–H groups in total. The van der Waals surface area contributed by atoms with Crippen LogP contribution in [-0.4, -0.2) is 51.2 Å². The monoisotopic (exact) mass is 342 g/mol. The van der Waals surface area contributed by atoms with Crippen LogP contribution in [0.1, 0.15) is 81.1 Å². The molecule has 1 aliphatic rings. The summed E-state index contributed by atoms with van der Waals surface area (Å²) < 4.78 is 5.99. The summed E-state index contributed by atoms with van der Waals surface area (Å²) in [5.74, 6) is 0. The van der Waals surface area contributed by atoms with Crippen LogP contribution in [0, 0.1) is 0 Å². The molecule has 4 atom stereocenters. The Bertz CT molecular complexity index is 259. The van der Waals surface area contributed by atoms with Crippen molar-refractivity contribution in [3.8, 4) is 0 Å². The molecule has 0 saturated carbocycles. The van der Waals surface area contributed by atoms with Crippen LogP contribution in [0.4, 0.5) is 0 Å². The summed E-state index contributed by atoms with van der Waals surface area (Å²) in [6.45, 7) is 19.3. The van der Waals surface area contributed by atoms with Crippen molar-refractivity contribution in [2.45, 2.75) is 117 Å². The molecule has 0 aromatic heterocycles. The van der Waals surface area contributed by atoms with E-state index < -0.39 is 17.9 Å². The topological polar surface area (TPSA) is 6.48 Å². The highest BCUT2D eigenvalue weighted by molar-refractivity contribution is 6.92. The van der Waals surface area contributed by atoms with Gasteiger partial charge in [0.2, 0.25) is 0 Å². The van der Waals surface area contributed by atoms with Crippen LogP contribution in [0.5, 0.6) is 0 Å². The van der Waals surface area contributed by atoms with E-state index in [9.17, 15) is 0 Å². The summed E-state index contributed by atoms with van der Waals surface area (Å²) in [5.41, 5.74) is 3.31. The maximum absolute atomic E-state index is 2.99. The third kappa shape index (κ3) is 4.68. The standard InChI is InChI=1S/C18H42N2Si2/c1-9-15(5)19(16(6)10-2)21-13-22(14-21)20(17(7)11-3)18(8)12-4/h15-18,21-22H,9-14H2,1-8H3. The second-order valence-corrected chi connectivity index (χ2v) is 15.3. The third-order valence-corrected chi connectivity index (χ3v) is 18.8. The van der Waals surface area contributed by atoms with Crippen LogP contribution in [-0.2, 0) is 0 Å². The lowest BCUT2D eigenvalue weighted by atomic mass is 10.2. The van der Waals surface area contributed by atoms with E-state index in [-0.39, 0.29) is 0 Å². The van der Waals surface area contributed by atoms with E-state index in [1.807, 2.05) is 0 Å². The third-order valence-electron chi connectivity index (χ3n) is 6.33. The SMILES string of the molecule is CCC(C)N(C(C)CC)[SiH]1C[SiH](N(C(C)CC)C(C)CC)C1. The van der Waals surface area contributed by atoms with Gasteiger partial charge in [-0.1, -0.05) is 55.4 Å². The Hall–Kier alpha value is 0.354. The lowest BCUT2D eigenvalue weighted by molar-refractivity contribution is 0.245. The average Bonchev–Trinajstić information content (AvgIpc) is 2.50. The van der Waals surface area contributed by atoms with Gasteiger partial charge in [-0.05, 0) is 61.2 Å². The number of hydrogen-bond acceptors (Lipinski definition) is 2. The minimum atomic E-state index is -0.632. The molecule has 0 aromatic rings. The van der Waals surface area contributed by atoms with Crippen LogP contribution in [0.2, 0.25) is 11.3 Å². The smallest absolute Gasteiger partial charge is 0.109 e. The van der Waals surface area contributed by atoms with Crippen LogP contribution in [0.3, 0.4) is 0 Å². The van der Waals surface area contributed by atoms with Crippen molar-refractivity contribution >= 4 is 17.9 Å². The first-order valence-corrected chi connectivity index (χ1v) is 14.3. The van der Waals surface area contributed by atoms with Gasteiger partial charge in [-0.15, -0.1) is 0 Å². The summed E-state index contributed by atoms with van der Waals surface area (Å²) in [7, 11) is -1.26. The largest absolute Gasteiger partial charge is 0.322 e. The van der Waals surface area contributed by atoms with Gasteiger partial charge in [0.15, 0.2) is 0 Å². The number of rotatable bonds is 10. The van der Waals surface area contributed by atoms with Crippen molar-refractivity contribution in [3.05, 3.63) is 0 Å². The molecule has 0 amide bonds. The first-order chi connectivity index (χ1) is 10.4. The number of nitrogens with zero attached hydrogens (tertiary/aromatic N) is 2. The minimum Gasteiger partial charge on any atom is -0.322 e. The predicted octanol–water partition coefficient (Wildman–Crippen LogP) is 4.32. The molecule has 1 fully saturated rings. The Morgan fingerprint density at radius 3 is 1.00 bits per heavy atom. The van der Waals surface area contributed by atoms with Gasteiger partial charge in [-0.2, -0.15) is 0 Å². The molecule has 1 aliphatic heterocycles. The average molecular weight is 343 g/mol. The Morgan fingerprint density at radius 1 is 0.591 bits per heavy atom. The molecule has 1 saturated heterocycles. The normalized spacial score (nSPS) is 27.5. The van der Waals surface area contributed by atoms with Gasteiger partial charge in [0.25, 0.3) is 0 Å². The summed E-state index contributed by atoms with van der Waals surface area (Å²) >= 11 is 0. The Balaban J connectivity index is 2.70. The van der Waals surface area contributed by atoms with Crippen molar-refractivity contribution in [2.24, 2.45) is 0 Å². The first kappa shape index (κ1) is 20.4. The lowest BCUT2D eigenvalue weighted by Crippen LogP contribution is -2.65. The first-order valence-electron chi connectivity index (χ1n) is 9.95. The van der Waals surface area contributed by atoms with Crippen molar-refractivity contribution in [3.63, 3.8) is 0 Å². The fourth-order valence-corrected chi connectivity index (χ4v) is 16.3. The molecule has 1 rings (SSSR count). The van der Waals surface area contributed by atoms with Gasteiger partial charge in [0.1, 0.15) is 17.9 Å². The van der Waals surface area contributed by atoms with Gasteiger partial charge in [0.05, 0.1) is 0 Å². The molecule has 0 radical (unpaired) electrons. The van der Waals surface area contributed by atoms with Crippen molar-refractivity contribution in [1.29, 1.82) is 0 Å². The molecule has 1 heterocycles. The van der Waals surface area contributed by atoms with E-state index >= 15 is 0 Å². The van der Waals surface area contributed by atoms with Crippen molar-refractivity contribution < 1.29 is 0 Å². The van der Waals surface area contributed by atoms with E-state index in [0.29, 0.717) is 0 Å². The van der Waals surface area contributed by atoms with E-state index in [2.05, 4.69) is 64.5 Å². The molecule has 4 heteroatoms. The molecule has 0 aliphatic carbocycles. The van der Waals surface area contributed by atoms with Gasteiger partial charge < -0.3 is 9.13 Å². The van der Waals surface area contributed by atoms with Gasteiger partial charge in [-0.25, -0.2) is 0 Å². The van der Waals surface area contributed by atoms with Crippen molar-refractivity contribution in [2.75, 3.05) is 0 Å². The maximum atomic E-state index is 2.99. The zero-order valence-electron chi connectivity index (χ0n) is 16.6. The van der Waals surface area contributed by atoms with Crippen LogP contribution in [0.25, 0.3) is 0 Å². The molecule has 132 valence electrons.